The summed E-state index contributed by atoms with van der Waals surface area (Å²) in [7, 11) is -2.25. The van der Waals surface area contributed by atoms with Crippen LogP contribution in [0.2, 0.25) is 5.02 Å². The van der Waals surface area contributed by atoms with Crippen molar-refractivity contribution in [2.45, 2.75) is 17.9 Å². The molecule has 1 atom stereocenters. The van der Waals surface area contributed by atoms with E-state index in [1.807, 2.05) is 49.4 Å². The predicted molar refractivity (Wildman–Crippen MR) is 157 cm³/mol. The second-order valence-electron chi connectivity index (χ2n) is 9.26. The average molecular weight is 561 g/mol. The Morgan fingerprint density at radius 2 is 1.79 bits per heavy atom. The summed E-state index contributed by atoms with van der Waals surface area (Å²) in [6.07, 6.45) is 6.38. The molecule has 1 N–H and O–H groups in total. The number of hydrogen-bond acceptors (Lipinski definition) is 7. The van der Waals surface area contributed by atoms with Crippen LogP contribution in [0.1, 0.15) is 18.8 Å². The highest BCUT2D eigenvalue weighted by atomic mass is 35.5. The monoisotopic (exact) mass is 560 g/mol. The Kier molecular flexibility index (Phi) is 7.07. The standard InChI is InChI=1S/C28H25ClN6O3S/c1-18(27-33-24-14-8-13-23(29)25(24)28(36)34(27)20-10-5-4-6-11-20)32-26-22(16-30-17-31-26)19-9-7-12-21(15-19)39(2,3)35(37)38/h4-18H,1-3H3,(H,30,31,32). The minimum Gasteiger partial charge on any atom is -0.360 e. The number of rotatable bonds is 7. The Balaban J connectivity index is 1.61. The van der Waals surface area contributed by atoms with Crippen LogP contribution in [0.5, 0.6) is 0 Å². The van der Waals surface area contributed by atoms with Gasteiger partial charge in [0.25, 0.3) is 5.56 Å². The first-order valence-electron chi connectivity index (χ1n) is 12.0. The van der Waals surface area contributed by atoms with Crippen molar-refractivity contribution in [3.63, 3.8) is 0 Å². The fourth-order valence-electron chi connectivity index (χ4n) is 4.31. The lowest BCUT2D eigenvalue weighted by Gasteiger charge is -2.23. The van der Waals surface area contributed by atoms with Gasteiger partial charge in [-0.05, 0) is 48.9 Å². The molecule has 0 aliphatic carbocycles. The largest absolute Gasteiger partial charge is 0.360 e. The fourth-order valence-corrected chi connectivity index (χ4v) is 5.56. The molecule has 0 aliphatic rings. The Bertz CT molecular complexity index is 1760. The maximum absolute atomic E-state index is 13.7. The molecule has 3 aromatic carbocycles. The molecule has 2 aromatic heterocycles. The van der Waals surface area contributed by atoms with Gasteiger partial charge in [0.15, 0.2) is 0 Å². The maximum atomic E-state index is 13.7. The fraction of sp³-hybridized carbons (Fsp3) is 0.143. The average Bonchev–Trinajstić information content (AvgIpc) is 2.93. The summed E-state index contributed by atoms with van der Waals surface area (Å²) in [5.41, 5.74) is 2.28. The molecule has 0 saturated heterocycles. The van der Waals surface area contributed by atoms with Gasteiger partial charge in [-0.25, -0.2) is 15.0 Å². The zero-order chi connectivity index (χ0) is 27.7. The van der Waals surface area contributed by atoms with E-state index in [-0.39, 0.29) is 9.89 Å². The van der Waals surface area contributed by atoms with E-state index in [1.165, 1.54) is 6.33 Å². The van der Waals surface area contributed by atoms with Gasteiger partial charge in [-0.1, -0.05) is 48.0 Å². The van der Waals surface area contributed by atoms with E-state index in [9.17, 15) is 14.9 Å². The second-order valence-corrected chi connectivity index (χ2v) is 13.0. The number of fused-ring (bicyclic) bond motifs is 1. The summed E-state index contributed by atoms with van der Waals surface area (Å²) in [6, 6.07) is 21.2. The third-order valence-corrected chi connectivity index (χ3v) is 8.90. The van der Waals surface area contributed by atoms with E-state index >= 15 is 0 Å². The highest BCUT2D eigenvalue weighted by Crippen LogP contribution is 2.50. The Hall–Kier alpha value is -4.28. The molecule has 0 saturated carbocycles. The predicted octanol–water partition coefficient (Wildman–Crippen LogP) is 6.28. The third-order valence-electron chi connectivity index (χ3n) is 6.43. The van der Waals surface area contributed by atoms with Gasteiger partial charge in [-0.15, -0.1) is 0 Å². The van der Waals surface area contributed by atoms with Gasteiger partial charge in [-0.2, -0.15) is 0 Å². The molecule has 0 amide bonds. The third kappa shape index (κ3) is 4.96. The number of anilines is 1. The van der Waals surface area contributed by atoms with Crippen molar-refractivity contribution in [3.8, 4) is 16.8 Å². The smallest absolute Gasteiger partial charge is 0.267 e. The summed E-state index contributed by atoms with van der Waals surface area (Å²) in [4.78, 5) is 39.6. The molecule has 1 unspecified atom stereocenters. The normalized spacial score (nSPS) is 12.7. The molecule has 39 heavy (non-hydrogen) atoms. The SMILES string of the molecule is CC(Nc1ncncc1-c1cccc(S(C)(C)[N+](=O)[O-])c1)c1nc2cccc(Cl)c2c(=O)n1-c1ccccc1. The number of hydrogen-bond donors (Lipinski definition) is 1. The summed E-state index contributed by atoms with van der Waals surface area (Å²) in [5.74, 6) is 0.974. The molecule has 0 spiro atoms. The first-order valence-corrected chi connectivity index (χ1v) is 14.8. The lowest BCUT2D eigenvalue weighted by molar-refractivity contribution is -0.295. The Labute approximate surface area is 231 Å². The minimum absolute atomic E-state index is 0.227. The van der Waals surface area contributed by atoms with Crippen molar-refractivity contribution < 1.29 is 4.33 Å². The molecule has 198 valence electrons. The van der Waals surface area contributed by atoms with E-state index in [0.29, 0.717) is 43.7 Å². The van der Waals surface area contributed by atoms with Crippen LogP contribution in [0.4, 0.5) is 5.82 Å². The van der Waals surface area contributed by atoms with Gasteiger partial charge in [0.1, 0.15) is 18.0 Å². The van der Waals surface area contributed by atoms with Gasteiger partial charge in [0.05, 0.1) is 36.9 Å². The van der Waals surface area contributed by atoms with Crippen LogP contribution in [0.25, 0.3) is 27.7 Å². The van der Waals surface area contributed by atoms with Crippen molar-refractivity contribution in [2.24, 2.45) is 0 Å². The number of para-hydroxylation sites is 1. The number of halogens is 1. The molecule has 0 fully saturated rings. The summed E-state index contributed by atoms with van der Waals surface area (Å²) >= 11 is 6.41. The second kappa shape index (κ2) is 10.5. The van der Waals surface area contributed by atoms with Crippen molar-refractivity contribution >= 4 is 38.5 Å². The quantitative estimate of drug-likeness (QED) is 0.184. The zero-order valence-electron chi connectivity index (χ0n) is 21.4. The van der Waals surface area contributed by atoms with Gasteiger partial charge in [0.2, 0.25) is 0 Å². The number of benzene rings is 3. The van der Waals surface area contributed by atoms with Crippen LogP contribution < -0.4 is 10.9 Å². The van der Waals surface area contributed by atoms with Crippen molar-refractivity contribution in [1.82, 2.24) is 19.5 Å². The lowest BCUT2D eigenvalue weighted by Crippen LogP contribution is -2.27. The van der Waals surface area contributed by atoms with Crippen LogP contribution >= 0.6 is 21.8 Å². The number of nitrogens with one attached hydrogen (secondary N) is 1. The van der Waals surface area contributed by atoms with E-state index in [4.69, 9.17) is 16.6 Å². The highest BCUT2D eigenvalue weighted by molar-refractivity contribution is 8.27. The molecule has 0 radical (unpaired) electrons. The first-order chi connectivity index (χ1) is 18.7. The molecular formula is C28H25ClN6O3S. The lowest BCUT2D eigenvalue weighted by atomic mass is 10.1. The Morgan fingerprint density at radius 1 is 1.05 bits per heavy atom. The maximum Gasteiger partial charge on any atom is 0.267 e. The summed E-state index contributed by atoms with van der Waals surface area (Å²) < 4.78 is 1.33. The summed E-state index contributed by atoms with van der Waals surface area (Å²) in [5, 5.41) is 15.8. The number of nitrogens with zero attached hydrogens (tertiary/aromatic N) is 5. The van der Waals surface area contributed by atoms with E-state index < -0.39 is 16.3 Å². The molecule has 0 bridgehead atoms. The van der Waals surface area contributed by atoms with Crippen LogP contribution in [0.3, 0.4) is 0 Å². The van der Waals surface area contributed by atoms with Gasteiger partial charge >= 0.3 is 0 Å². The molecule has 0 aliphatic heterocycles. The van der Waals surface area contributed by atoms with Gasteiger partial charge in [0, 0.05) is 34.5 Å². The van der Waals surface area contributed by atoms with E-state index in [2.05, 4.69) is 15.3 Å². The van der Waals surface area contributed by atoms with Crippen LogP contribution in [0, 0.1) is 10.1 Å². The molecule has 2 heterocycles. The summed E-state index contributed by atoms with van der Waals surface area (Å²) in [6.45, 7) is 1.89. The van der Waals surface area contributed by atoms with Crippen molar-refractivity contribution in [1.29, 1.82) is 0 Å². The first kappa shape index (κ1) is 26.3. The molecule has 5 aromatic rings. The number of nitro groups is 1. The van der Waals surface area contributed by atoms with Crippen molar-refractivity contribution in [2.75, 3.05) is 17.8 Å². The minimum atomic E-state index is -2.25. The van der Waals surface area contributed by atoms with Gasteiger partial charge in [-0.3, -0.25) is 19.5 Å². The highest BCUT2D eigenvalue weighted by Gasteiger charge is 2.27. The Morgan fingerprint density at radius 3 is 2.54 bits per heavy atom. The number of aromatic nitrogens is 4. The molecule has 5 rings (SSSR count). The van der Waals surface area contributed by atoms with Gasteiger partial charge < -0.3 is 5.32 Å². The molecule has 9 nitrogen and oxygen atoms in total. The van der Waals surface area contributed by atoms with Crippen LogP contribution in [0.15, 0.2) is 95.0 Å². The van der Waals surface area contributed by atoms with Crippen molar-refractivity contribution in [3.05, 3.63) is 117 Å². The van der Waals surface area contributed by atoms with E-state index in [1.54, 1.807) is 53.6 Å². The van der Waals surface area contributed by atoms with E-state index in [0.717, 1.165) is 5.56 Å². The topological polar surface area (TPSA) is 116 Å². The zero-order valence-corrected chi connectivity index (χ0v) is 23.0. The molecular weight excluding hydrogens is 536 g/mol. The van der Waals surface area contributed by atoms with Crippen LogP contribution in [-0.2, 0) is 0 Å². The van der Waals surface area contributed by atoms with Crippen LogP contribution in [-0.4, -0.2) is 36.4 Å². The molecule has 11 heteroatoms.